The summed E-state index contributed by atoms with van der Waals surface area (Å²) in [6.45, 7) is 12.1. The zero-order valence-corrected chi connectivity index (χ0v) is 14.0. The Hall–Kier alpha value is -0.860. The Morgan fingerprint density at radius 1 is 1.05 bits per heavy atom. The van der Waals surface area contributed by atoms with Crippen molar-refractivity contribution in [1.82, 2.24) is 10.2 Å². The zero-order chi connectivity index (χ0) is 15.0. The smallest absolute Gasteiger partial charge is 0.0233 e. The van der Waals surface area contributed by atoms with Crippen LogP contribution >= 0.6 is 0 Å². The summed E-state index contributed by atoms with van der Waals surface area (Å²) in [4.78, 5) is 2.44. The molecule has 0 bridgehead atoms. The van der Waals surface area contributed by atoms with Crippen LogP contribution in [0.4, 0.5) is 0 Å². The monoisotopic (exact) mass is 276 g/mol. The van der Waals surface area contributed by atoms with E-state index in [0.717, 1.165) is 13.1 Å². The predicted molar refractivity (Wildman–Crippen MR) is 88.9 cm³/mol. The Morgan fingerprint density at radius 2 is 1.70 bits per heavy atom. The molecule has 0 aromatic heterocycles. The van der Waals surface area contributed by atoms with Crippen molar-refractivity contribution in [2.24, 2.45) is 0 Å². The Morgan fingerprint density at radius 3 is 2.30 bits per heavy atom. The van der Waals surface area contributed by atoms with E-state index in [-0.39, 0.29) is 5.54 Å². The Kier molecular flexibility index (Phi) is 7.25. The number of nitrogens with zero attached hydrogens (tertiary/aromatic N) is 1. The summed E-state index contributed by atoms with van der Waals surface area (Å²) in [6, 6.07) is 8.79. The fraction of sp³-hybridized carbons (Fsp3) is 0.667. The Balaban J connectivity index is 2.56. The molecule has 0 radical (unpaired) electrons. The maximum absolute atomic E-state index is 3.59. The molecular weight excluding hydrogens is 244 g/mol. The molecule has 0 saturated carbocycles. The van der Waals surface area contributed by atoms with Crippen LogP contribution in [0.3, 0.4) is 0 Å². The fourth-order valence-electron chi connectivity index (χ4n) is 2.25. The summed E-state index contributed by atoms with van der Waals surface area (Å²) >= 11 is 0. The molecule has 0 fully saturated rings. The van der Waals surface area contributed by atoms with Crippen molar-refractivity contribution in [2.75, 3.05) is 13.6 Å². The number of nitrogens with one attached hydrogen (secondary N) is 1. The van der Waals surface area contributed by atoms with Gasteiger partial charge in [0.25, 0.3) is 0 Å². The van der Waals surface area contributed by atoms with Gasteiger partial charge in [-0.3, -0.25) is 0 Å². The van der Waals surface area contributed by atoms with Crippen LogP contribution in [-0.4, -0.2) is 24.0 Å². The first-order chi connectivity index (χ1) is 9.42. The standard InChI is InChI=1S/C18H32N2/c1-6-7-10-13-20(5)15-17-12-9-8-11-16(17)14-19-18(2,3)4/h8-9,11-12,19H,6-7,10,13-15H2,1-5H3. The molecule has 0 unspecified atom stereocenters. The lowest BCUT2D eigenvalue weighted by Crippen LogP contribution is -2.35. The van der Waals surface area contributed by atoms with Crippen LogP contribution in [0.1, 0.15) is 58.1 Å². The number of unbranched alkanes of at least 4 members (excludes halogenated alkanes) is 2. The van der Waals surface area contributed by atoms with Crippen molar-refractivity contribution >= 4 is 0 Å². The molecule has 0 aliphatic heterocycles. The van der Waals surface area contributed by atoms with E-state index in [1.54, 1.807) is 0 Å². The minimum atomic E-state index is 0.167. The van der Waals surface area contributed by atoms with Crippen molar-refractivity contribution in [2.45, 2.75) is 65.6 Å². The zero-order valence-electron chi connectivity index (χ0n) is 14.0. The van der Waals surface area contributed by atoms with E-state index in [0.29, 0.717) is 0 Å². The van der Waals surface area contributed by atoms with E-state index in [9.17, 15) is 0 Å². The lowest BCUT2D eigenvalue weighted by molar-refractivity contribution is 0.316. The largest absolute Gasteiger partial charge is 0.308 e. The van der Waals surface area contributed by atoms with Crippen molar-refractivity contribution in [3.8, 4) is 0 Å². The van der Waals surface area contributed by atoms with E-state index in [2.05, 4.69) is 69.2 Å². The van der Waals surface area contributed by atoms with Crippen LogP contribution in [0.2, 0.25) is 0 Å². The summed E-state index contributed by atoms with van der Waals surface area (Å²) in [5, 5.41) is 3.59. The second kappa shape index (κ2) is 8.43. The third kappa shape index (κ3) is 7.06. The van der Waals surface area contributed by atoms with Crippen LogP contribution in [0, 0.1) is 0 Å². The van der Waals surface area contributed by atoms with Gasteiger partial charge in [0, 0.05) is 18.6 Å². The molecule has 1 rings (SSSR count). The predicted octanol–water partition coefficient (Wildman–Crippen LogP) is 4.20. The van der Waals surface area contributed by atoms with Crippen LogP contribution in [-0.2, 0) is 13.1 Å². The number of hydrogen-bond acceptors (Lipinski definition) is 2. The lowest BCUT2D eigenvalue weighted by Gasteiger charge is -2.23. The fourth-order valence-corrected chi connectivity index (χ4v) is 2.25. The summed E-state index contributed by atoms with van der Waals surface area (Å²) in [5.41, 5.74) is 3.04. The van der Waals surface area contributed by atoms with Gasteiger partial charge in [-0.1, -0.05) is 44.0 Å². The van der Waals surface area contributed by atoms with Crippen LogP contribution in [0.15, 0.2) is 24.3 Å². The molecule has 0 spiro atoms. The highest BCUT2D eigenvalue weighted by atomic mass is 15.1. The molecule has 114 valence electrons. The molecule has 0 amide bonds. The van der Waals surface area contributed by atoms with Gasteiger partial charge >= 0.3 is 0 Å². The third-order valence-electron chi connectivity index (χ3n) is 3.51. The van der Waals surface area contributed by atoms with Crippen molar-refractivity contribution in [3.05, 3.63) is 35.4 Å². The van der Waals surface area contributed by atoms with Gasteiger partial charge in [-0.2, -0.15) is 0 Å². The Labute approximate surface area is 125 Å². The highest BCUT2D eigenvalue weighted by molar-refractivity contribution is 5.27. The molecule has 2 heteroatoms. The quantitative estimate of drug-likeness (QED) is 0.716. The molecule has 0 aliphatic rings. The number of rotatable bonds is 8. The molecule has 1 N–H and O–H groups in total. The topological polar surface area (TPSA) is 15.3 Å². The van der Waals surface area contributed by atoms with Crippen LogP contribution < -0.4 is 5.32 Å². The molecule has 0 atom stereocenters. The molecule has 1 aromatic rings. The molecule has 1 aromatic carbocycles. The minimum Gasteiger partial charge on any atom is -0.308 e. The van der Waals surface area contributed by atoms with Gasteiger partial charge in [0.15, 0.2) is 0 Å². The normalized spacial score (nSPS) is 12.1. The first-order valence-corrected chi connectivity index (χ1v) is 7.92. The second-order valence-corrected chi connectivity index (χ2v) is 6.82. The SMILES string of the molecule is CCCCCN(C)Cc1ccccc1CNC(C)(C)C. The van der Waals surface area contributed by atoms with Crippen molar-refractivity contribution < 1.29 is 0 Å². The molecule has 0 heterocycles. The highest BCUT2D eigenvalue weighted by Gasteiger charge is 2.10. The number of benzene rings is 1. The van der Waals surface area contributed by atoms with Crippen LogP contribution in [0.5, 0.6) is 0 Å². The van der Waals surface area contributed by atoms with Crippen molar-refractivity contribution in [1.29, 1.82) is 0 Å². The summed E-state index contributed by atoms with van der Waals surface area (Å²) in [6.07, 6.45) is 3.92. The van der Waals surface area contributed by atoms with E-state index >= 15 is 0 Å². The number of hydrogen-bond donors (Lipinski definition) is 1. The molecular formula is C18H32N2. The summed E-state index contributed by atoms with van der Waals surface area (Å²) in [7, 11) is 2.23. The lowest BCUT2D eigenvalue weighted by atomic mass is 10.0. The van der Waals surface area contributed by atoms with E-state index in [1.807, 2.05) is 0 Å². The highest BCUT2D eigenvalue weighted by Crippen LogP contribution is 2.13. The molecule has 20 heavy (non-hydrogen) atoms. The van der Waals surface area contributed by atoms with E-state index in [1.165, 1.54) is 36.9 Å². The van der Waals surface area contributed by atoms with E-state index in [4.69, 9.17) is 0 Å². The molecule has 2 nitrogen and oxygen atoms in total. The molecule has 0 saturated heterocycles. The maximum atomic E-state index is 3.59. The van der Waals surface area contributed by atoms with Gasteiger partial charge in [0.1, 0.15) is 0 Å². The van der Waals surface area contributed by atoms with Gasteiger partial charge < -0.3 is 10.2 Å². The van der Waals surface area contributed by atoms with Gasteiger partial charge in [-0.15, -0.1) is 0 Å². The van der Waals surface area contributed by atoms with Gasteiger partial charge in [0.2, 0.25) is 0 Å². The Bertz CT molecular complexity index is 379. The second-order valence-electron chi connectivity index (χ2n) is 6.82. The minimum absolute atomic E-state index is 0.167. The summed E-state index contributed by atoms with van der Waals surface area (Å²) < 4.78 is 0. The van der Waals surface area contributed by atoms with Gasteiger partial charge in [-0.05, 0) is 51.9 Å². The first-order valence-electron chi connectivity index (χ1n) is 7.92. The maximum Gasteiger partial charge on any atom is 0.0233 e. The summed E-state index contributed by atoms with van der Waals surface area (Å²) in [5.74, 6) is 0. The third-order valence-corrected chi connectivity index (χ3v) is 3.51. The van der Waals surface area contributed by atoms with Crippen molar-refractivity contribution in [3.63, 3.8) is 0 Å². The van der Waals surface area contributed by atoms with E-state index < -0.39 is 0 Å². The van der Waals surface area contributed by atoms with Crippen LogP contribution in [0.25, 0.3) is 0 Å². The molecule has 0 aliphatic carbocycles. The average molecular weight is 276 g/mol. The average Bonchev–Trinajstić information content (AvgIpc) is 2.37. The van der Waals surface area contributed by atoms with Gasteiger partial charge in [-0.25, -0.2) is 0 Å². The first kappa shape index (κ1) is 17.2. The van der Waals surface area contributed by atoms with Gasteiger partial charge in [0.05, 0.1) is 0 Å².